The van der Waals surface area contributed by atoms with Crippen LogP contribution < -0.4 is 10.6 Å². The predicted molar refractivity (Wildman–Crippen MR) is 77.6 cm³/mol. The lowest BCUT2D eigenvalue weighted by Gasteiger charge is -2.25. The van der Waals surface area contributed by atoms with Gasteiger partial charge in [-0.3, -0.25) is 9.59 Å². The number of amides is 1. The van der Waals surface area contributed by atoms with Crippen LogP contribution in [0.1, 0.15) is 22.8 Å². The fourth-order valence-electron chi connectivity index (χ4n) is 2.37. The molecule has 1 aliphatic heterocycles. The Morgan fingerprint density at radius 2 is 2.10 bits per heavy atom. The smallest absolute Gasteiger partial charge is 0.246 e. The van der Waals surface area contributed by atoms with E-state index in [1.807, 2.05) is 36.7 Å². The molecule has 0 saturated heterocycles. The molecule has 0 aliphatic carbocycles. The molecular weight excluding hydrogens is 254 g/mol. The normalized spacial score (nSPS) is 17.1. The average Bonchev–Trinajstić information content (AvgIpc) is 2.89. The number of nitrogens with zero attached hydrogens (tertiary/aromatic N) is 1. The number of aryl methyl sites for hydroxylation is 1. The number of carbonyl (C=O) groups is 2. The van der Waals surface area contributed by atoms with Crippen LogP contribution in [0.25, 0.3) is 5.69 Å². The molecule has 0 spiro atoms. The van der Waals surface area contributed by atoms with E-state index < -0.39 is 0 Å². The van der Waals surface area contributed by atoms with Gasteiger partial charge in [0, 0.05) is 18.0 Å². The van der Waals surface area contributed by atoms with Crippen molar-refractivity contribution in [3.8, 4) is 5.69 Å². The molecule has 102 valence electrons. The Bertz CT molecular complexity index is 703. The zero-order chi connectivity index (χ0) is 14.3. The SMILES string of the molecule is Cc1cc2c(cc1-n1ccc(C=O)c1)NC(C)C(=O)N2. The Kier molecular flexibility index (Phi) is 2.82. The predicted octanol–water partition coefficient (Wildman–Crippen LogP) is 2.35. The van der Waals surface area contributed by atoms with E-state index >= 15 is 0 Å². The summed E-state index contributed by atoms with van der Waals surface area (Å²) in [5, 5.41) is 6.05. The van der Waals surface area contributed by atoms with Gasteiger partial charge in [0.2, 0.25) is 5.91 Å². The van der Waals surface area contributed by atoms with Crippen LogP contribution in [0.3, 0.4) is 0 Å². The standard InChI is InChI=1S/C15H15N3O2/c1-9-5-12-13(16-10(2)15(20)17-12)6-14(9)18-4-3-11(7-18)8-19/h3-8,10,16H,1-2H3,(H,17,20). The first-order chi connectivity index (χ1) is 9.58. The van der Waals surface area contributed by atoms with E-state index in [2.05, 4.69) is 10.6 Å². The maximum atomic E-state index is 11.6. The molecule has 0 radical (unpaired) electrons. The van der Waals surface area contributed by atoms with Crippen molar-refractivity contribution in [1.29, 1.82) is 0 Å². The molecule has 3 rings (SSSR count). The summed E-state index contributed by atoms with van der Waals surface area (Å²) in [6.45, 7) is 3.79. The average molecular weight is 269 g/mol. The Hall–Kier alpha value is -2.56. The van der Waals surface area contributed by atoms with Crippen LogP contribution in [0.4, 0.5) is 11.4 Å². The van der Waals surface area contributed by atoms with Gasteiger partial charge in [0.05, 0.1) is 17.1 Å². The third-order valence-corrected chi connectivity index (χ3v) is 3.49. The minimum Gasteiger partial charge on any atom is -0.372 e. The number of nitrogens with one attached hydrogen (secondary N) is 2. The van der Waals surface area contributed by atoms with Gasteiger partial charge in [-0.05, 0) is 37.6 Å². The number of hydrogen-bond donors (Lipinski definition) is 2. The second-order valence-electron chi connectivity index (χ2n) is 5.01. The first kappa shape index (κ1) is 12.5. The lowest BCUT2D eigenvalue weighted by molar-refractivity contribution is -0.116. The molecule has 1 atom stereocenters. The van der Waals surface area contributed by atoms with Crippen LogP contribution in [0, 0.1) is 6.92 Å². The van der Waals surface area contributed by atoms with Gasteiger partial charge in [-0.2, -0.15) is 0 Å². The number of carbonyl (C=O) groups excluding carboxylic acids is 2. The van der Waals surface area contributed by atoms with Gasteiger partial charge in [0.25, 0.3) is 0 Å². The van der Waals surface area contributed by atoms with Crippen molar-refractivity contribution in [2.24, 2.45) is 0 Å². The molecule has 1 aliphatic rings. The van der Waals surface area contributed by atoms with Crippen molar-refractivity contribution >= 4 is 23.6 Å². The molecular formula is C15H15N3O2. The van der Waals surface area contributed by atoms with Crippen molar-refractivity contribution in [3.63, 3.8) is 0 Å². The second-order valence-corrected chi connectivity index (χ2v) is 5.01. The molecule has 2 heterocycles. The lowest BCUT2D eigenvalue weighted by Crippen LogP contribution is -2.36. The quantitative estimate of drug-likeness (QED) is 0.823. The van der Waals surface area contributed by atoms with E-state index in [1.165, 1.54) is 0 Å². The first-order valence-electron chi connectivity index (χ1n) is 6.44. The number of fused-ring (bicyclic) bond motifs is 1. The third kappa shape index (κ3) is 1.97. The minimum atomic E-state index is -0.256. The summed E-state index contributed by atoms with van der Waals surface area (Å²) in [6.07, 6.45) is 4.46. The zero-order valence-electron chi connectivity index (χ0n) is 11.3. The summed E-state index contributed by atoms with van der Waals surface area (Å²) in [7, 11) is 0. The number of anilines is 2. The molecule has 1 amide bonds. The van der Waals surface area contributed by atoms with E-state index in [0.717, 1.165) is 28.9 Å². The van der Waals surface area contributed by atoms with Crippen molar-refractivity contribution in [1.82, 2.24) is 4.57 Å². The van der Waals surface area contributed by atoms with Gasteiger partial charge in [-0.25, -0.2) is 0 Å². The number of aldehydes is 1. The summed E-state index contributed by atoms with van der Waals surface area (Å²) in [5.41, 5.74) is 4.31. The van der Waals surface area contributed by atoms with Crippen LogP contribution in [-0.4, -0.2) is 22.8 Å². The highest BCUT2D eigenvalue weighted by atomic mass is 16.2. The number of benzene rings is 1. The van der Waals surface area contributed by atoms with Crippen molar-refractivity contribution in [3.05, 3.63) is 41.7 Å². The molecule has 1 aromatic carbocycles. The molecule has 2 N–H and O–H groups in total. The van der Waals surface area contributed by atoms with E-state index in [9.17, 15) is 9.59 Å². The van der Waals surface area contributed by atoms with Crippen molar-refractivity contribution < 1.29 is 9.59 Å². The zero-order valence-corrected chi connectivity index (χ0v) is 11.3. The summed E-state index contributed by atoms with van der Waals surface area (Å²) >= 11 is 0. The van der Waals surface area contributed by atoms with Crippen LogP contribution in [0.5, 0.6) is 0 Å². The molecule has 2 aromatic rings. The maximum absolute atomic E-state index is 11.6. The van der Waals surface area contributed by atoms with E-state index in [4.69, 9.17) is 0 Å². The molecule has 20 heavy (non-hydrogen) atoms. The Labute approximate surface area is 116 Å². The molecule has 1 unspecified atom stereocenters. The molecule has 0 bridgehead atoms. The number of aromatic nitrogens is 1. The van der Waals surface area contributed by atoms with E-state index in [1.54, 1.807) is 12.3 Å². The van der Waals surface area contributed by atoms with Gasteiger partial charge < -0.3 is 15.2 Å². The highest BCUT2D eigenvalue weighted by Gasteiger charge is 2.22. The van der Waals surface area contributed by atoms with Gasteiger partial charge >= 0.3 is 0 Å². The minimum absolute atomic E-state index is 0.0335. The summed E-state index contributed by atoms with van der Waals surface area (Å²) in [5.74, 6) is -0.0335. The van der Waals surface area contributed by atoms with Gasteiger partial charge in [-0.1, -0.05) is 0 Å². The number of hydrogen-bond acceptors (Lipinski definition) is 3. The van der Waals surface area contributed by atoms with Crippen molar-refractivity contribution in [2.45, 2.75) is 19.9 Å². The largest absolute Gasteiger partial charge is 0.372 e. The van der Waals surface area contributed by atoms with Gasteiger partial charge in [0.15, 0.2) is 6.29 Å². The van der Waals surface area contributed by atoms with Crippen LogP contribution >= 0.6 is 0 Å². The number of rotatable bonds is 2. The van der Waals surface area contributed by atoms with Crippen LogP contribution in [0.15, 0.2) is 30.6 Å². The molecule has 0 fully saturated rings. The highest BCUT2D eigenvalue weighted by molar-refractivity contribution is 6.03. The summed E-state index contributed by atoms with van der Waals surface area (Å²) < 4.78 is 1.90. The second kappa shape index (κ2) is 4.52. The van der Waals surface area contributed by atoms with Crippen molar-refractivity contribution in [2.75, 3.05) is 10.6 Å². The van der Waals surface area contributed by atoms with Gasteiger partial charge in [0.1, 0.15) is 6.04 Å². The Morgan fingerprint density at radius 3 is 2.80 bits per heavy atom. The van der Waals surface area contributed by atoms with E-state index in [0.29, 0.717) is 5.56 Å². The monoisotopic (exact) mass is 269 g/mol. The fraction of sp³-hybridized carbons (Fsp3) is 0.200. The molecule has 0 saturated carbocycles. The lowest BCUT2D eigenvalue weighted by atomic mass is 10.1. The van der Waals surface area contributed by atoms with E-state index in [-0.39, 0.29) is 11.9 Å². The maximum Gasteiger partial charge on any atom is 0.246 e. The molecule has 5 heteroatoms. The topological polar surface area (TPSA) is 63.1 Å². The first-order valence-corrected chi connectivity index (χ1v) is 6.44. The third-order valence-electron chi connectivity index (χ3n) is 3.49. The Balaban J connectivity index is 2.07. The Morgan fingerprint density at radius 1 is 1.30 bits per heavy atom. The fourth-order valence-corrected chi connectivity index (χ4v) is 2.37. The van der Waals surface area contributed by atoms with Gasteiger partial charge in [-0.15, -0.1) is 0 Å². The molecule has 1 aromatic heterocycles. The van der Waals surface area contributed by atoms with Crippen LogP contribution in [-0.2, 0) is 4.79 Å². The molecule has 5 nitrogen and oxygen atoms in total. The summed E-state index contributed by atoms with van der Waals surface area (Å²) in [6, 6.07) is 5.43. The summed E-state index contributed by atoms with van der Waals surface area (Å²) in [4.78, 5) is 22.4. The highest BCUT2D eigenvalue weighted by Crippen LogP contribution is 2.31. The van der Waals surface area contributed by atoms with Crippen LogP contribution in [0.2, 0.25) is 0 Å².